The normalized spacial score (nSPS) is 13.2. The number of fused-ring (bicyclic) bond motifs is 1. The Morgan fingerprint density at radius 1 is 1.38 bits per heavy atom. The van der Waals surface area contributed by atoms with Gasteiger partial charge in [-0.2, -0.15) is 5.10 Å². The maximum absolute atomic E-state index is 12.1. The third-order valence-electron chi connectivity index (χ3n) is 3.97. The molecule has 2 aromatic rings. The molecule has 1 aromatic carbocycles. The van der Waals surface area contributed by atoms with Crippen LogP contribution in [0, 0.1) is 0 Å². The lowest BCUT2D eigenvalue weighted by Gasteiger charge is -2.06. The van der Waals surface area contributed by atoms with E-state index in [1.54, 1.807) is 7.05 Å². The van der Waals surface area contributed by atoms with Gasteiger partial charge in [-0.25, -0.2) is 9.89 Å². The van der Waals surface area contributed by atoms with E-state index in [1.807, 2.05) is 12.1 Å². The molecule has 2 N–H and O–H groups in total. The molecule has 0 fully saturated rings. The summed E-state index contributed by atoms with van der Waals surface area (Å²) >= 11 is 0. The van der Waals surface area contributed by atoms with Crippen LogP contribution in [0.2, 0.25) is 0 Å². The highest BCUT2D eigenvalue weighted by atomic mass is 16.2. The van der Waals surface area contributed by atoms with Crippen LogP contribution in [0.15, 0.2) is 23.0 Å². The van der Waals surface area contributed by atoms with Crippen LogP contribution in [0.25, 0.3) is 0 Å². The number of benzene rings is 1. The van der Waals surface area contributed by atoms with E-state index in [-0.39, 0.29) is 11.6 Å². The summed E-state index contributed by atoms with van der Waals surface area (Å²) in [5, 5.41) is 9.15. The van der Waals surface area contributed by atoms with Gasteiger partial charge in [0.15, 0.2) is 0 Å². The van der Waals surface area contributed by atoms with Gasteiger partial charge in [-0.1, -0.05) is 6.07 Å². The highest BCUT2D eigenvalue weighted by Gasteiger charge is 2.14. The molecule has 3 rings (SSSR count). The molecule has 0 saturated carbocycles. The first-order chi connectivity index (χ1) is 10.1. The van der Waals surface area contributed by atoms with Gasteiger partial charge in [-0.15, -0.1) is 0 Å². The molecule has 0 radical (unpaired) electrons. The van der Waals surface area contributed by atoms with Crippen LogP contribution in [0.3, 0.4) is 0 Å². The minimum atomic E-state index is -0.241. The summed E-state index contributed by atoms with van der Waals surface area (Å²) in [6.45, 7) is 0.452. The molecule has 0 aliphatic heterocycles. The van der Waals surface area contributed by atoms with Gasteiger partial charge < -0.3 is 5.32 Å². The van der Waals surface area contributed by atoms with Crippen molar-refractivity contribution >= 4 is 5.91 Å². The number of amides is 1. The second-order valence-electron chi connectivity index (χ2n) is 5.35. The van der Waals surface area contributed by atoms with Gasteiger partial charge in [0.05, 0.1) is 0 Å². The van der Waals surface area contributed by atoms with E-state index < -0.39 is 0 Å². The van der Waals surface area contributed by atoms with E-state index in [4.69, 9.17) is 0 Å². The Hall–Kier alpha value is -2.37. The lowest BCUT2D eigenvalue weighted by atomic mass is 10.1. The van der Waals surface area contributed by atoms with Gasteiger partial charge in [0.25, 0.3) is 5.91 Å². The quantitative estimate of drug-likeness (QED) is 0.862. The van der Waals surface area contributed by atoms with E-state index in [9.17, 15) is 9.59 Å². The maximum atomic E-state index is 12.1. The zero-order chi connectivity index (χ0) is 14.8. The molecule has 1 aliphatic carbocycles. The number of carbonyl (C=O) groups is 1. The number of rotatable bonds is 4. The van der Waals surface area contributed by atoms with Crippen molar-refractivity contribution < 1.29 is 4.79 Å². The molecule has 0 spiro atoms. The van der Waals surface area contributed by atoms with E-state index in [0.717, 1.165) is 12.8 Å². The SMILES string of the molecule is Cn1c(CCNC(=O)c2ccc3c(c2)CCC3)n[nH]c1=O. The van der Waals surface area contributed by atoms with Gasteiger partial charge in [0.1, 0.15) is 5.82 Å². The fourth-order valence-electron chi connectivity index (χ4n) is 2.71. The van der Waals surface area contributed by atoms with Crippen LogP contribution in [0.1, 0.15) is 33.7 Å². The molecule has 0 unspecified atom stereocenters. The number of hydrogen-bond donors (Lipinski definition) is 2. The molecule has 21 heavy (non-hydrogen) atoms. The molecule has 6 nitrogen and oxygen atoms in total. The number of nitrogens with zero attached hydrogens (tertiary/aromatic N) is 2. The van der Waals surface area contributed by atoms with E-state index in [2.05, 4.69) is 21.6 Å². The van der Waals surface area contributed by atoms with Crippen molar-refractivity contribution in [2.24, 2.45) is 7.05 Å². The summed E-state index contributed by atoms with van der Waals surface area (Å²) in [7, 11) is 1.66. The van der Waals surface area contributed by atoms with Crippen LogP contribution in [0.5, 0.6) is 0 Å². The second kappa shape index (κ2) is 5.55. The minimum Gasteiger partial charge on any atom is -0.352 e. The fraction of sp³-hybridized carbons (Fsp3) is 0.400. The van der Waals surface area contributed by atoms with Crippen molar-refractivity contribution in [2.75, 3.05) is 6.54 Å². The predicted octanol–water partition coefficient (Wildman–Crippen LogP) is 0.570. The van der Waals surface area contributed by atoms with Gasteiger partial charge in [-0.05, 0) is 42.5 Å². The highest BCUT2D eigenvalue weighted by molar-refractivity contribution is 5.94. The Labute approximate surface area is 122 Å². The monoisotopic (exact) mass is 286 g/mol. The van der Waals surface area contributed by atoms with E-state index >= 15 is 0 Å². The summed E-state index contributed by atoms with van der Waals surface area (Å²) in [6.07, 6.45) is 3.87. The Morgan fingerprint density at radius 3 is 2.95 bits per heavy atom. The topological polar surface area (TPSA) is 79.8 Å². The Bertz CT molecular complexity index is 730. The van der Waals surface area contributed by atoms with Crippen LogP contribution < -0.4 is 11.0 Å². The molecule has 1 amide bonds. The molecule has 1 aliphatic rings. The lowest BCUT2D eigenvalue weighted by Crippen LogP contribution is -2.27. The highest BCUT2D eigenvalue weighted by Crippen LogP contribution is 2.22. The number of aryl methyl sites for hydroxylation is 2. The van der Waals surface area contributed by atoms with E-state index in [1.165, 1.54) is 22.1 Å². The van der Waals surface area contributed by atoms with E-state index in [0.29, 0.717) is 24.4 Å². The average Bonchev–Trinajstić information content (AvgIpc) is 3.07. The molecule has 1 aromatic heterocycles. The van der Waals surface area contributed by atoms with Crippen molar-refractivity contribution in [3.63, 3.8) is 0 Å². The van der Waals surface area contributed by atoms with Crippen LogP contribution in [-0.4, -0.2) is 27.2 Å². The van der Waals surface area contributed by atoms with Gasteiger partial charge in [0, 0.05) is 25.6 Å². The van der Waals surface area contributed by atoms with Crippen molar-refractivity contribution in [1.29, 1.82) is 0 Å². The largest absolute Gasteiger partial charge is 0.352 e. The summed E-state index contributed by atoms with van der Waals surface area (Å²) in [5.74, 6) is 0.555. The van der Waals surface area contributed by atoms with Crippen molar-refractivity contribution in [2.45, 2.75) is 25.7 Å². The number of aromatic amines is 1. The molecule has 110 valence electrons. The standard InChI is InChI=1S/C15H18N4O2/c1-19-13(17-18-15(19)21)7-8-16-14(20)12-6-5-10-3-2-4-11(10)9-12/h5-6,9H,2-4,7-8H2,1H3,(H,16,20)(H,18,21). The third-order valence-corrected chi connectivity index (χ3v) is 3.97. The summed E-state index contributed by atoms with van der Waals surface area (Å²) in [4.78, 5) is 23.3. The lowest BCUT2D eigenvalue weighted by molar-refractivity contribution is 0.0954. The Morgan fingerprint density at radius 2 is 2.19 bits per heavy atom. The number of carbonyl (C=O) groups excluding carboxylic acids is 1. The van der Waals surface area contributed by atoms with Crippen LogP contribution in [-0.2, 0) is 26.3 Å². The third kappa shape index (κ3) is 2.74. The summed E-state index contributed by atoms with van der Waals surface area (Å²) in [6, 6.07) is 5.92. The van der Waals surface area contributed by atoms with Gasteiger partial charge in [0.2, 0.25) is 0 Å². The van der Waals surface area contributed by atoms with Crippen molar-refractivity contribution in [3.8, 4) is 0 Å². The van der Waals surface area contributed by atoms with Crippen LogP contribution in [0.4, 0.5) is 0 Å². The first kappa shape index (κ1) is 13.6. The predicted molar refractivity (Wildman–Crippen MR) is 78.3 cm³/mol. The molecular formula is C15H18N4O2. The molecule has 6 heteroatoms. The minimum absolute atomic E-state index is 0.0785. The zero-order valence-corrected chi connectivity index (χ0v) is 12.0. The number of nitrogens with one attached hydrogen (secondary N) is 2. The fourth-order valence-corrected chi connectivity index (χ4v) is 2.71. The number of aromatic nitrogens is 3. The van der Waals surface area contributed by atoms with Gasteiger partial charge >= 0.3 is 5.69 Å². The second-order valence-corrected chi connectivity index (χ2v) is 5.35. The molecule has 0 atom stereocenters. The zero-order valence-electron chi connectivity index (χ0n) is 12.0. The average molecular weight is 286 g/mol. The number of hydrogen-bond acceptors (Lipinski definition) is 3. The molecule has 0 bridgehead atoms. The Kier molecular flexibility index (Phi) is 3.60. The maximum Gasteiger partial charge on any atom is 0.343 e. The molecule has 1 heterocycles. The van der Waals surface area contributed by atoms with Crippen molar-refractivity contribution in [3.05, 3.63) is 51.2 Å². The molecular weight excluding hydrogens is 268 g/mol. The number of H-pyrrole nitrogens is 1. The van der Waals surface area contributed by atoms with Crippen LogP contribution >= 0.6 is 0 Å². The Balaban J connectivity index is 1.59. The smallest absolute Gasteiger partial charge is 0.343 e. The summed E-state index contributed by atoms with van der Waals surface area (Å²) < 4.78 is 1.45. The van der Waals surface area contributed by atoms with Crippen molar-refractivity contribution in [1.82, 2.24) is 20.1 Å². The van der Waals surface area contributed by atoms with Gasteiger partial charge in [-0.3, -0.25) is 9.36 Å². The molecule has 0 saturated heterocycles. The first-order valence-electron chi connectivity index (χ1n) is 7.15. The summed E-state index contributed by atoms with van der Waals surface area (Å²) in [5.41, 5.74) is 3.11. The first-order valence-corrected chi connectivity index (χ1v) is 7.15.